The second kappa shape index (κ2) is 7.17. The lowest BCUT2D eigenvalue weighted by Crippen LogP contribution is -2.42. The molecule has 1 saturated heterocycles. The van der Waals surface area contributed by atoms with Gasteiger partial charge >= 0.3 is 5.97 Å². The van der Waals surface area contributed by atoms with Crippen molar-refractivity contribution >= 4 is 27.8 Å². The number of halogens is 1. The number of ether oxygens (including phenoxy) is 1. The first-order valence-electron chi connectivity index (χ1n) is 7.76. The number of amides is 1. The molecular formula is C17H18BrN3O3. The van der Waals surface area contributed by atoms with Crippen LogP contribution in [-0.2, 0) is 9.53 Å². The number of piperidine rings is 1. The lowest BCUT2D eigenvalue weighted by atomic mass is 9.98. The van der Waals surface area contributed by atoms with Crippen LogP contribution in [0, 0.1) is 5.92 Å². The fourth-order valence-electron chi connectivity index (χ4n) is 2.90. The maximum absolute atomic E-state index is 12.7. The van der Waals surface area contributed by atoms with Gasteiger partial charge in [-0.3, -0.25) is 9.59 Å². The van der Waals surface area contributed by atoms with E-state index in [1.54, 1.807) is 22.0 Å². The lowest BCUT2D eigenvalue weighted by molar-refractivity contribution is -0.146. The number of methoxy groups -OCH3 is 1. The van der Waals surface area contributed by atoms with E-state index in [2.05, 4.69) is 21.0 Å². The van der Waals surface area contributed by atoms with Crippen LogP contribution in [0.4, 0.5) is 0 Å². The predicted octanol–water partition coefficient (Wildman–Crippen LogP) is 2.66. The summed E-state index contributed by atoms with van der Waals surface area (Å²) in [7, 11) is 1.38. The third kappa shape index (κ3) is 3.51. The van der Waals surface area contributed by atoms with Crippen LogP contribution in [0.2, 0.25) is 0 Å². The molecule has 7 heteroatoms. The van der Waals surface area contributed by atoms with Gasteiger partial charge in [0, 0.05) is 23.8 Å². The number of carbonyl (C=O) groups excluding carboxylic acids is 2. The van der Waals surface area contributed by atoms with E-state index in [1.165, 1.54) is 7.11 Å². The third-order valence-electron chi connectivity index (χ3n) is 4.15. The lowest BCUT2D eigenvalue weighted by Gasteiger charge is -2.31. The van der Waals surface area contributed by atoms with Crippen LogP contribution >= 0.6 is 15.9 Å². The van der Waals surface area contributed by atoms with Crippen LogP contribution in [0.5, 0.6) is 0 Å². The van der Waals surface area contributed by atoms with Crippen LogP contribution < -0.4 is 0 Å². The van der Waals surface area contributed by atoms with Crippen LogP contribution in [0.25, 0.3) is 5.69 Å². The van der Waals surface area contributed by atoms with E-state index in [-0.39, 0.29) is 17.8 Å². The standard InChI is InChI=1S/C17H18BrN3O3/c1-24-17(23)12-4-3-7-20(10-12)16(22)13-9-19-21(11-13)15-6-2-5-14(18)8-15/h2,5-6,8-9,11-12H,3-4,7,10H2,1H3/t12-/m0/s1. The molecule has 126 valence electrons. The summed E-state index contributed by atoms with van der Waals surface area (Å²) in [5, 5.41) is 4.27. The van der Waals surface area contributed by atoms with Crippen molar-refractivity contribution in [3.63, 3.8) is 0 Å². The zero-order chi connectivity index (χ0) is 17.1. The molecule has 24 heavy (non-hydrogen) atoms. The first-order chi connectivity index (χ1) is 11.6. The van der Waals surface area contributed by atoms with Crippen molar-refractivity contribution in [2.75, 3.05) is 20.2 Å². The Hall–Kier alpha value is -2.15. The predicted molar refractivity (Wildman–Crippen MR) is 91.9 cm³/mol. The smallest absolute Gasteiger partial charge is 0.310 e. The highest BCUT2D eigenvalue weighted by atomic mass is 79.9. The Morgan fingerprint density at radius 3 is 2.96 bits per heavy atom. The first kappa shape index (κ1) is 16.7. The number of aromatic nitrogens is 2. The Balaban J connectivity index is 1.75. The quantitative estimate of drug-likeness (QED) is 0.754. The molecule has 1 aliphatic heterocycles. The summed E-state index contributed by atoms with van der Waals surface area (Å²) in [6.45, 7) is 1.04. The SMILES string of the molecule is COC(=O)[C@H]1CCCN(C(=O)c2cnn(-c3cccc(Br)c3)c2)C1. The van der Waals surface area contributed by atoms with Crippen LogP contribution in [0.1, 0.15) is 23.2 Å². The summed E-state index contributed by atoms with van der Waals surface area (Å²) >= 11 is 3.42. The van der Waals surface area contributed by atoms with Gasteiger partial charge in [0.25, 0.3) is 5.91 Å². The molecule has 0 saturated carbocycles. The van der Waals surface area contributed by atoms with Crippen LogP contribution in [0.15, 0.2) is 41.1 Å². The van der Waals surface area contributed by atoms with Crippen molar-refractivity contribution in [3.8, 4) is 5.69 Å². The van der Waals surface area contributed by atoms with Gasteiger partial charge in [0.05, 0.1) is 30.5 Å². The minimum Gasteiger partial charge on any atom is -0.469 e. The van der Waals surface area contributed by atoms with Crippen molar-refractivity contribution < 1.29 is 14.3 Å². The molecule has 0 radical (unpaired) electrons. The molecule has 0 spiro atoms. The fraction of sp³-hybridized carbons (Fsp3) is 0.353. The van der Waals surface area contributed by atoms with Gasteiger partial charge in [-0.2, -0.15) is 5.10 Å². The number of hydrogen-bond acceptors (Lipinski definition) is 4. The van der Waals surface area contributed by atoms with Gasteiger partial charge in [0.15, 0.2) is 0 Å². The van der Waals surface area contributed by atoms with Gasteiger partial charge in [-0.1, -0.05) is 22.0 Å². The van der Waals surface area contributed by atoms with Crippen LogP contribution in [-0.4, -0.2) is 46.8 Å². The monoisotopic (exact) mass is 391 g/mol. The minimum absolute atomic E-state index is 0.107. The van der Waals surface area contributed by atoms with E-state index in [0.29, 0.717) is 18.7 Å². The molecular weight excluding hydrogens is 374 g/mol. The van der Waals surface area contributed by atoms with Crippen molar-refractivity contribution in [2.45, 2.75) is 12.8 Å². The Morgan fingerprint density at radius 2 is 2.21 bits per heavy atom. The zero-order valence-electron chi connectivity index (χ0n) is 13.3. The van der Waals surface area contributed by atoms with E-state index in [0.717, 1.165) is 23.0 Å². The first-order valence-corrected chi connectivity index (χ1v) is 8.55. The van der Waals surface area contributed by atoms with Gasteiger partial charge < -0.3 is 9.64 Å². The van der Waals surface area contributed by atoms with Gasteiger partial charge in [0.1, 0.15) is 0 Å². The highest BCUT2D eigenvalue weighted by Gasteiger charge is 2.29. The van der Waals surface area contributed by atoms with Crippen molar-refractivity contribution in [3.05, 3.63) is 46.7 Å². The van der Waals surface area contributed by atoms with E-state index in [4.69, 9.17) is 4.74 Å². The maximum Gasteiger partial charge on any atom is 0.310 e. The molecule has 1 aliphatic rings. The van der Waals surface area contributed by atoms with Gasteiger partial charge in [0.2, 0.25) is 0 Å². The van der Waals surface area contributed by atoms with Crippen molar-refractivity contribution in [2.24, 2.45) is 5.92 Å². The minimum atomic E-state index is -0.252. The zero-order valence-corrected chi connectivity index (χ0v) is 14.9. The molecule has 0 unspecified atom stereocenters. The van der Waals surface area contributed by atoms with Gasteiger partial charge in [-0.15, -0.1) is 0 Å². The molecule has 6 nitrogen and oxygen atoms in total. The molecule has 0 aliphatic carbocycles. The molecule has 3 rings (SSSR count). The number of hydrogen-bond donors (Lipinski definition) is 0. The third-order valence-corrected chi connectivity index (χ3v) is 4.64. The summed E-state index contributed by atoms with van der Waals surface area (Å²) in [5.41, 5.74) is 1.38. The molecule has 2 heterocycles. The molecule has 2 aromatic rings. The van der Waals surface area contributed by atoms with E-state index < -0.39 is 0 Å². The summed E-state index contributed by atoms with van der Waals surface area (Å²) in [5.74, 6) is -0.602. The fourth-order valence-corrected chi connectivity index (χ4v) is 3.28. The van der Waals surface area contributed by atoms with Crippen molar-refractivity contribution in [1.29, 1.82) is 0 Å². The molecule has 1 atom stereocenters. The Morgan fingerprint density at radius 1 is 1.38 bits per heavy atom. The molecule has 1 aromatic carbocycles. The molecule has 0 bridgehead atoms. The van der Waals surface area contributed by atoms with Gasteiger partial charge in [-0.05, 0) is 31.0 Å². The highest BCUT2D eigenvalue weighted by molar-refractivity contribution is 9.10. The summed E-state index contributed by atoms with van der Waals surface area (Å²) in [6.07, 6.45) is 4.83. The number of likely N-dealkylation sites (tertiary alicyclic amines) is 1. The number of carbonyl (C=O) groups is 2. The molecule has 1 amide bonds. The maximum atomic E-state index is 12.7. The number of benzene rings is 1. The Kier molecular flexibility index (Phi) is 4.99. The largest absolute Gasteiger partial charge is 0.469 e. The second-order valence-electron chi connectivity index (χ2n) is 5.77. The van der Waals surface area contributed by atoms with Crippen molar-refractivity contribution in [1.82, 2.24) is 14.7 Å². The summed E-state index contributed by atoms with van der Waals surface area (Å²) in [6, 6.07) is 7.68. The van der Waals surface area contributed by atoms with E-state index >= 15 is 0 Å². The topological polar surface area (TPSA) is 64.4 Å². The molecule has 1 aromatic heterocycles. The molecule has 0 N–H and O–H groups in total. The van der Waals surface area contributed by atoms with E-state index in [1.807, 2.05) is 24.3 Å². The average Bonchev–Trinajstić information content (AvgIpc) is 3.10. The summed E-state index contributed by atoms with van der Waals surface area (Å²) in [4.78, 5) is 26.1. The molecule has 1 fully saturated rings. The highest BCUT2D eigenvalue weighted by Crippen LogP contribution is 2.20. The Bertz CT molecular complexity index is 759. The summed E-state index contributed by atoms with van der Waals surface area (Å²) < 4.78 is 7.41. The normalized spacial score (nSPS) is 17.6. The second-order valence-corrected chi connectivity index (χ2v) is 6.68. The average molecular weight is 392 g/mol. The van der Waals surface area contributed by atoms with E-state index in [9.17, 15) is 9.59 Å². The Labute approximate surface area is 148 Å². The number of rotatable bonds is 3. The van der Waals surface area contributed by atoms with Crippen LogP contribution in [0.3, 0.4) is 0 Å². The van der Waals surface area contributed by atoms with Gasteiger partial charge in [-0.25, -0.2) is 4.68 Å². The number of esters is 1. The number of nitrogens with zero attached hydrogens (tertiary/aromatic N) is 3.